The second-order valence-electron chi connectivity index (χ2n) is 6.36. The number of benzene rings is 1. The zero-order valence-electron chi connectivity index (χ0n) is 13.8. The third-order valence-electron chi connectivity index (χ3n) is 4.32. The van der Waals surface area contributed by atoms with Crippen molar-refractivity contribution in [3.05, 3.63) is 29.3 Å². The lowest BCUT2D eigenvalue weighted by Gasteiger charge is -2.34. The molecule has 0 aliphatic carbocycles. The molecular formula is C17H28ClN3O. The van der Waals surface area contributed by atoms with Crippen LogP contribution in [0.3, 0.4) is 0 Å². The van der Waals surface area contributed by atoms with Gasteiger partial charge >= 0.3 is 0 Å². The normalized spacial score (nSPS) is 20.1. The van der Waals surface area contributed by atoms with Gasteiger partial charge in [-0.3, -0.25) is 9.69 Å². The molecule has 1 aliphatic rings. The zero-order valence-corrected chi connectivity index (χ0v) is 14.6. The minimum absolute atomic E-state index is 0. The first-order chi connectivity index (χ1) is 9.95. The van der Waals surface area contributed by atoms with Crippen molar-refractivity contribution >= 4 is 24.0 Å². The number of nitrogens with two attached hydrogens (primary N) is 1. The van der Waals surface area contributed by atoms with Crippen molar-refractivity contribution in [3.63, 3.8) is 0 Å². The smallest absolute Gasteiger partial charge is 0.238 e. The molecule has 124 valence electrons. The minimum Gasteiger partial charge on any atom is -0.328 e. The fraction of sp³-hybridized carbons (Fsp3) is 0.588. The average Bonchev–Trinajstić information content (AvgIpc) is 2.43. The molecule has 4 nitrogen and oxygen atoms in total. The maximum atomic E-state index is 12.2. The van der Waals surface area contributed by atoms with E-state index in [1.165, 1.54) is 6.42 Å². The molecular weight excluding hydrogens is 298 g/mol. The minimum atomic E-state index is 0. The number of rotatable bonds is 4. The Kier molecular flexibility index (Phi) is 7.33. The third kappa shape index (κ3) is 5.27. The summed E-state index contributed by atoms with van der Waals surface area (Å²) in [7, 11) is 0. The van der Waals surface area contributed by atoms with Gasteiger partial charge in [-0.25, -0.2) is 0 Å². The summed E-state index contributed by atoms with van der Waals surface area (Å²) in [5.41, 5.74) is 9.17. The number of amides is 1. The van der Waals surface area contributed by atoms with Gasteiger partial charge in [0.05, 0.1) is 6.54 Å². The van der Waals surface area contributed by atoms with Crippen molar-refractivity contribution in [2.24, 2.45) is 11.7 Å². The second-order valence-corrected chi connectivity index (χ2v) is 6.36. The highest BCUT2D eigenvalue weighted by Crippen LogP contribution is 2.19. The number of anilines is 1. The third-order valence-corrected chi connectivity index (χ3v) is 4.32. The predicted molar refractivity (Wildman–Crippen MR) is 94.6 cm³/mol. The van der Waals surface area contributed by atoms with Crippen LogP contribution in [0.5, 0.6) is 0 Å². The highest BCUT2D eigenvalue weighted by Gasteiger charge is 2.23. The molecule has 2 unspecified atom stereocenters. The molecule has 1 aromatic rings. The quantitative estimate of drug-likeness (QED) is 0.895. The van der Waals surface area contributed by atoms with E-state index < -0.39 is 0 Å². The molecule has 1 fully saturated rings. The van der Waals surface area contributed by atoms with Gasteiger partial charge in [0, 0.05) is 18.3 Å². The first-order valence-electron chi connectivity index (χ1n) is 7.80. The molecule has 1 aliphatic heterocycles. The average molecular weight is 326 g/mol. The van der Waals surface area contributed by atoms with Crippen LogP contribution in [0.4, 0.5) is 5.69 Å². The van der Waals surface area contributed by atoms with Gasteiger partial charge < -0.3 is 11.1 Å². The van der Waals surface area contributed by atoms with Crippen LogP contribution in [0.15, 0.2) is 18.2 Å². The van der Waals surface area contributed by atoms with E-state index in [0.717, 1.165) is 36.3 Å². The number of carbonyl (C=O) groups excluding carboxylic acids is 1. The molecule has 3 N–H and O–H groups in total. The van der Waals surface area contributed by atoms with Gasteiger partial charge in [-0.05, 0) is 63.3 Å². The molecule has 1 saturated heterocycles. The van der Waals surface area contributed by atoms with Crippen molar-refractivity contribution < 1.29 is 4.79 Å². The number of nitrogens with one attached hydrogen (secondary N) is 1. The Hall–Kier alpha value is -1.10. The Bertz CT molecular complexity index is 505. The predicted octanol–water partition coefficient (Wildman–Crippen LogP) is 2.72. The van der Waals surface area contributed by atoms with Gasteiger partial charge in [0.1, 0.15) is 0 Å². The Morgan fingerprint density at radius 3 is 2.86 bits per heavy atom. The molecule has 5 heteroatoms. The van der Waals surface area contributed by atoms with Crippen LogP contribution in [0.1, 0.15) is 30.9 Å². The van der Waals surface area contributed by atoms with Crippen molar-refractivity contribution in [2.75, 3.05) is 25.0 Å². The Morgan fingerprint density at radius 2 is 2.18 bits per heavy atom. The topological polar surface area (TPSA) is 58.4 Å². The van der Waals surface area contributed by atoms with E-state index in [4.69, 9.17) is 5.73 Å². The fourth-order valence-electron chi connectivity index (χ4n) is 2.93. The summed E-state index contributed by atoms with van der Waals surface area (Å²) < 4.78 is 0. The van der Waals surface area contributed by atoms with Crippen LogP contribution >= 0.6 is 12.4 Å². The largest absolute Gasteiger partial charge is 0.328 e. The number of hydrogen-bond acceptors (Lipinski definition) is 3. The number of nitrogens with zero attached hydrogens (tertiary/aromatic N) is 1. The highest BCUT2D eigenvalue weighted by atomic mass is 35.5. The van der Waals surface area contributed by atoms with E-state index >= 15 is 0 Å². The Morgan fingerprint density at radius 1 is 1.45 bits per heavy atom. The number of piperidine rings is 1. The molecule has 0 bridgehead atoms. The molecule has 0 aromatic heterocycles. The molecule has 1 aromatic carbocycles. The maximum Gasteiger partial charge on any atom is 0.238 e. The second kappa shape index (κ2) is 8.51. The van der Waals surface area contributed by atoms with E-state index in [0.29, 0.717) is 12.5 Å². The Balaban J connectivity index is 0.00000242. The first kappa shape index (κ1) is 18.9. The number of halogens is 1. The van der Waals surface area contributed by atoms with Crippen molar-refractivity contribution in [2.45, 2.75) is 39.7 Å². The van der Waals surface area contributed by atoms with Gasteiger partial charge in [-0.15, -0.1) is 12.4 Å². The van der Waals surface area contributed by atoms with Gasteiger partial charge in [0.2, 0.25) is 5.91 Å². The molecule has 0 radical (unpaired) electrons. The van der Waals surface area contributed by atoms with Crippen LogP contribution in [-0.2, 0) is 4.79 Å². The molecule has 22 heavy (non-hydrogen) atoms. The van der Waals surface area contributed by atoms with E-state index in [1.807, 2.05) is 26.0 Å². The molecule has 0 spiro atoms. The summed E-state index contributed by atoms with van der Waals surface area (Å²) in [5.74, 6) is 0.571. The fourth-order valence-corrected chi connectivity index (χ4v) is 2.93. The lowest BCUT2D eigenvalue weighted by molar-refractivity contribution is -0.117. The lowest BCUT2D eigenvalue weighted by Crippen LogP contribution is -2.45. The summed E-state index contributed by atoms with van der Waals surface area (Å²) in [6.07, 6.45) is 2.30. The van der Waals surface area contributed by atoms with Crippen LogP contribution < -0.4 is 11.1 Å². The van der Waals surface area contributed by atoms with E-state index in [9.17, 15) is 4.79 Å². The van der Waals surface area contributed by atoms with Crippen LogP contribution in [0.2, 0.25) is 0 Å². The monoisotopic (exact) mass is 325 g/mol. The van der Waals surface area contributed by atoms with Crippen molar-refractivity contribution in [1.82, 2.24) is 4.90 Å². The summed E-state index contributed by atoms with van der Waals surface area (Å²) in [6, 6.07) is 6.32. The SMILES string of the molecule is Cc1ccc(C)c(NC(=O)CN2CCCC(C(C)N)C2)c1.Cl. The standard InChI is InChI=1S/C17H27N3O.ClH/c1-12-6-7-13(2)16(9-12)19-17(21)11-20-8-4-5-15(10-20)14(3)18;/h6-7,9,14-15H,4-5,8,10-11,18H2,1-3H3,(H,19,21);1H. The summed E-state index contributed by atoms with van der Waals surface area (Å²) in [4.78, 5) is 14.5. The Labute approximate surface area is 139 Å². The molecule has 2 rings (SSSR count). The molecule has 1 heterocycles. The summed E-state index contributed by atoms with van der Waals surface area (Å²) >= 11 is 0. The van der Waals surface area contributed by atoms with Gasteiger partial charge in [0.25, 0.3) is 0 Å². The van der Waals surface area contributed by atoms with E-state index in [1.54, 1.807) is 0 Å². The van der Waals surface area contributed by atoms with Crippen LogP contribution in [0.25, 0.3) is 0 Å². The molecule has 2 atom stereocenters. The summed E-state index contributed by atoms with van der Waals surface area (Å²) in [5, 5.41) is 3.03. The van der Waals surface area contributed by atoms with E-state index in [-0.39, 0.29) is 24.4 Å². The number of aryl methyl sites for hydroxylation is 2. The lowest BCUT2D eigenvalue weighted by atomic mass is 9.92. The van der Waals surface area contributed by atoms with Crippen LogP contribution in [-0.4, -0.2) is 36.5 Å². The van der Waals surface area contributed by atoms with Gasteiger partial charge in [-0.2, -0.15) is 0 Å². The number of likely N-dealkylation sites (tertiary alicyclic amines) is 1. The molecule has 1 amide bonds. The summed E-state index contributed by atoms with van der Waals surface area (Å²) in [6.45, 7) is 8.48. The first-order valence-corrected chi connectivity index (χ1v) is 7.80. The van der Waals surface area contributed by atoms with Crippen molar-refractivity contribution in [1.29, 1.82) is 0 Å². The maximum absolute atomic E-state index is 12.2. The number of hydrogen-bond donors (Lipinski definition) is 2. The van der Waals surface area contributed by atoms with Gasteiger partial charge in [-0.1, -0.05) is 12.1 Å². The van der Waals surface area contributed by atoms with E-state index in [2.05, 4.69) is 23.2 Å². The van der Waals surface area contributed by atoms with Crippen molar-refractivity contribution in [3.8, 4) is 0 Å². The highest BCUT2D eigenvalue weighted by molar-refractivity contribution is 5.93. The zero-order chi connectivity index (χ0) is 15.4. The number of carbonyl (C=O) groups is 1. The van der Waals surface area contributed by atoms with Crippen LogP contribution in [0, 0.1) is 19.8 Å². The molecule has 0 saturated carbocycles. The van der Waals surface area contributed by atoms with Gasteiger partial charge in [0.15, 0.2) is 0 Å².